The number of hydrogen-bond acceptors (Lipinski definition) is 4. The van der Waals surface area contributed by atoms with Crippen LogP contribution in [0, 0.1) is 0 Å². The van der Waals surface area contributed by atoms with Gasteiger partial charge in [-0.1, -0.05) is 19.4 Å². The molecule has 0 aromatic carbocycles. The van der Waals surface area contributed by atoms with Crippen LogP contribution in [0.15, 0.2) is 24.4 Å². The third-order valence-corrected chi connectivity index (χ3v) is 3.61. The monoisotopic (exact) mass is 246 g/mol. The summed E-state index contributed by atoms with van der Waals surface area (Å²) in [5.74, 6) is 0.0909. The Hall–Kier alpha value is -1.55. The molecule has 88 valence electrons. The average molecular weight is 246 g/mol. The molecule has 0 unspecified atom stereocenters. The molecule has 0 atom stereocenters. The van der Waals surface area contributed by atoms with Crippen molar-refractivity contribution in [1.82, 2.24) is 9.97 Å². The van der Waals surface area contributed by atoms with E-state index in [4.69, 9.17) is 0 Å². The number of Topliss-reactive ketones (excluding diaryl/α,β-unsaturated/α-hetero) is 1. The number of aromatic nitrogens is 2. The minimum absolute atomic E-state index is 0.0909. The van der Waals surface area contributed by atoms with E-state index in [1.165, 1.54) is 11.3 Å². The number of ketones is 1. The molecular formula is C13H14N2OS. The van der Waals surface area contributed by atoms with E-state index < -0.39 is 0 Å². The molecule has 4 heteroatoms. The van der Waals surface area contributed by atoms with E-state index in [1.54, 1.807) is 13.1 Å². The largest absolute Gasteiger partial charge is 0.294 e. The van der Waals surface area contributed by atoms with Crippen LogP contribution in [-0.4, -0.2) is 15.8 Å². The van der Waals surface area contributed by atoms with Crippen molar-refractivity contribution in [2.24, 2.45) is 0 Å². The smallest absolute Gasteiger partial charge is 0.171 e. The SMILES string of the molecule is CCCc1nc(-c2ccccn2)sc1C(C)=O. The van der Waals surface area contributed by atoms with Gasteiger partial charge in [0, 0.05) is 13.1 Å². The van der Waals surface area contributed by atoms with E-state index in [0.717, 1.165) is 34.1 Å². The van der Waals surface area contributed by atoms with Crippen LogP contribution in [0.1, 0.15) is 35.6 Å². The summed E-state index contributed by atoms with van der Waals surface area (Å²) >= 11 is 1.44. The number of carbonyl (C=O) groups is 1. The average Bonchev–Trinajstić information content (AvgIpc) is 2.75. The van der Waals surface area contributed by atoms with Crippen molar-refractivity contribution in [3.05, 3.63) is 35.0 Å². The van der Waals surface area contributed by atoms with Gasteiger partial charge < -0.3 is 0 Å². The molecule has 0 aliphatic heterocycles. The van der Waals surface area contributed by atoms with Crippen LogP contribution in [0.3, 0.4) is 0 Å². The topological polar surface area (TPSA) is 42.9 Å². The van der Waals surface area contributed by atoms with Crippen LogP contribution in [0.25, 0.3) is 10.7 Å². The van der Waals surface area contributed by atoms with Crippen LogP contribution in [0.4, 0.5) is 0 Å². The van der Waals surface area contributed by atoms with Gasteiger partial charge in [-0.15, -0.1) is 11.3 Å². The zero-order valence-corrected chi connectivity index (χ0v) is 10.8. The zero-order chi connectivity index (χ0) is 12.3. The zero-order valence-electron chi connectivity index (χ0n) is 9.93. The Kier molecular flexibility index (Phi) is 3.64. The van der Waals surface area contributed by atoms with Crippen LogP contribution < -0.4 is 0 Å². The summed E-state index contributed by atoms with van der Waals surface area (Å²) in [6.07, 6.45) is 3.58. The molecule has 0 saturated carbocycles. The predicted octanol–water partition coefficient (Wildman–Crippen LogP) is 3.36. The number of pyridine rings is 1. The van der Waals surface area contributed by atoms with Gasteiger partial charge in [0.1, 0.15) is 5.01 Å². The lowest BCUT2D eigenvalue weighted by atomic mass is 10.2. The molecule has 0 spiro atoms. The van der Waals surface area contributed by atoms with E-state index >= 15 is 0 Å². The second kappa shape index (κ2) is 5.19. The van der Waals surface area contributed by atoms with E-state index in [2.05, 4.69) is 16.9 Å². The Morgan fingerprint density at radius 3 is 2.82 bits per heavy atom. The lowest BCUT2D eigenvalue weighted by molar-refractivity contribution is 0.102. The van der Waals surface area contributed by atoms with Gasteiger partial charge in [0.25, 0.3) is 0 Å². The van der Waals surface area contributed by atoms with Gasteiger partial charge in [0.05, 0.1) is 16.3 Å². The summed E-state index contributed by atoms with van der Waals surface area (Å²) in [4.78, 5) is 21.1. The fraction of sp³-hybridized carbons (Fsp3) is 0.308. The van der Waals surface area contributed by atoms with Gasteiger partial charge in [-0.05, 0) is 18.6 Å². The maximum absolute atomic E-state index is 11.5. The molecule has 3 nitrogen and oxygen atoms in total. The first-order chi connectivity index (χ1) is 8.22. The fourth-order valence-electron chi connectivity index (χ4n) is 1.63. The minimum atomic E-state index is 0.0909. The number of thiazole rings is 1. The van der Waals surface area contributed by atoms with Crippen molar-refractivity contribution in [3.63, 3.8) is 0 Å². The Morgan fingerprint density at radius 2 is 2.24 bits per heavy atom. The van der Waals surface area contributed by atoms with E-state index in [-0.39, 0.29) is 5.78 Å². The first kappa shape index (κ1) is 11.9. The molecule has 2 aromatic heterocycles. The minimum Gasteiger partial charge on any atom is -0.294 e. The number of hydrogen-bond donors (Lipinski definition) is 0. The quantitative estimate of drug-likeness (QED) is 0.777. The summed E-state index contributed by atoms with van der Waals surface area (Å²) in [5, 5.41) is 0.833. The van der Waals surface area contributed by atoms with Crippen molar-refractivity contribution in [3.8, 4) is 10.7 Å². The van der Waals surface area contributed by atoms with Gasteiger partial charge in [-0.2, -0.15) is 0 Å². The number of rotatable bonds is 4. The number of aryl methyl sites for hydroxylation is 1. The summed E-state index contributed by atoms with van der Waals surface area (Å²) < 4.78 is 0. The number of nitrogens with zero attached hydrogens (tertiary/aromatic N) is 2. The second-order valence-corrected chi connectivity index (χ2v) is 4.82. The van der Waals surface area contributed by atoms with Crippen LogP contribution in [-0.2, 0) is 6.42 Å². The Balaban J connectivity index is 2.44. The van der Waals surface area contributed by atoms with Gasteiger partial charge in [0.15, 0.2) is 5.78 Å². The Labute approximate surface area is 105 Å². The highest BCUT2D eigenvalue weighted by atomic mass is 32.1. The molecule has 0 bridgehead atoms. The standard InChI is InChI=1S/C13H14N2OS/c1-3-6-10-12(9(2)16)17-13(15-10)11-7-4-5-8-14-11/h4-5,7-8H,3,6H2,1-2H3. The number of carbonyl (C=O) groups excluding carboxylic acids is 1. The highest BCUT2D eigenvalue weighted by molar-refractivity contribution is 7.17. The van der Waals surface area contributed by atoms with Gasteiger partial charge in [0.2, 0.25) is 0 Å². The molecule has 2 aromatic rings. The molecule has 0 aliphatic carbocycles. The maximum atomic E-state index is 11.5. The molecular weight excluding hydrogens is 232 g/mol. The van der Waals surface area contributed by atoms with Crippen molar-refractivity contribution in [1.29, 1.82) is 0 Å². The van der Waals surface area contributed by atoms with Crippen LogP contribution >= 0.6 is 11.3 Å². The molecule has 17 heavy (non-hydrogen) atoms. The summed E-state index contributed by atoms with van der Waals surface area (Å²) in [5.41, 5.74) is 1.74. The molecule has 0 amide bonds. The summed E-state index contributed by atoms with van der Waals surface area (Å²) in [6.45, 7) is 3.68. The van der Waals surface area contributed by atoms with E-state index in [9.17, 15) is 4.79 Å². The molecule has 0 fully saturated rings. The molecule has 0 aliphatic rings. The highest BCUT2D eigenvalue weighted by Gasteiger charge is 2.15. The third-order valence-electron chi connectivity index (χ3n) is 2.39. The van der Waals surface area contributed by atoms with Gasteiger partial charge in [-0.25, -0.2) is 4.98 Å². The van der Waals surface area contributed by atoms with Crippen LogP contribution in [0.5, 0.6) is 0 Å². The third kappa shape index (κ3) is 2.58. The normalized spacial score (nSPS) is 10.5. The van der Waals surface area contributed by atoms with E-state index in [1.807, 2.05) is 18.2 Å². The summed E-state index contributed by atoms with van der Waals surface area (Å²) in [7, 11) is 0. The van der Waals surface area contributed by atoms with Crippen molar-refractivity contribution in [2.75, 3.05) is 0 Å². The lowest BCUT2D eigenvalue weighted by Crippen LogP contribution is -1.95. The van der Waals surface area contributed by atoms with E-state index in [0.29, 0.717) is 0 Å². The Morgan fingerprint density at radius 1 is 1.41 bits per heavy atom. The maximum Gasteiger partial charge on any atom is 0.171 e. The second-order valence-electron chi connectivity index (χ2n) is 3.82. The van der Waals surface area contributed by atoms with Gasteiger partial charge in [-0.3, -0.25) is 9.78 Å². The first-order valence-electron chi connectivity index (χ1n) is 5.64. The molecule has 2 heterocycles. The molecule has 0 N–H and O–H groups in total. The first-order valence-corrected chi connectivity index (χ1v) is 6.46. The highest BCUT2D eigenvalue weighted by Crippen LogP contribution is 2.27. The Bertz CT molecular complexity index is 519. The lowest BCUT2D eigenvalue weighted by Gasteiger charge is -1.94. The van der Waals surface area contributed by atoms with Crippen molar-refractivity contribution in [2.45, 2.75) is 26.7 Å². The van der Waals surface area contributed by atoms with Crippen LogP contribution in [0.2, 0.25) is 0 Å². The van der Waals surface area contributed by atoms with Crippen molar-refractivity contribution >= 4 is 17.1 Å². The molecule has 0 radical (unpaired) electrons. The predicted molar refractivity (Wildman–Crippen MR) is 69.3 cm³/mol. The van der Waals surface area contributed by atoms with Gasteiger partial charge >= 0.3 is 0 Å². The molecule has 2 rings (SSSR count). The molecule has 0 saturated heterocycles. The van der Waals surface area contributed by atoms with Crippen molar-refractivity contribution < 1.29 is 4.79 Å². The summed E-state index contributed by atoms with van der Waals surface area (Å²) in [6, 6.07) is 5.71. The fourth-order valence-corrected chi connectivity index (χ4v) is 2.62.